The van der Waals surface area contributed by atoms with Crippen molar-refractivity contribution in [3.63, 3.8) is 0 Å². The highest BCUT2D eigenvalue weighted by atomic mass is 15.3. The maximum atomic E-state index is 4.72. The lowest BCUT2D eigenvalue weighted by molar-refractivity contribution is 0.633. The third-order valence-corrected chi connectivity index (χ3v) is 4.11. The van der Waals surface area contributed by atoms with E-state index in [0.29, 0.717) is 0 Å². The summed E-state index contributed by atoms with van der Waals surface area (Å²) in [5.74, 6) is 2.62. The highest BCUT2D eigenvalue weighted by Gasteiger charge is 2.20. The van der Waals surface area contributed by atoms with Gasteiger partial charge in [0.15, 0.2) is 5.82 Å². The minimum atomic E-state index is 0.804. The van der Waals surface area contributed by atoms with Crippen LogP contribution in [0.3, 0.4) is 0 Å². The van der Waals surface area contributed by atoms with Gasteiger partial charge < -0.3 is 9.80 Å². The number of rotatable bonds is 3. The quantitative estimate of drug-likeness (QED) is 0.731. The van der Waals surface area contributed by atoms with Crippen molar-refractivity contribution in [1.82, 2.24) is 24.7 Å². The molecule has 0 bridgehead atoms. The molecule has 0 aliphatic carbocycles. The fourth-order valence-electron chi connectivity index (χ4n) is 2.80. The Balaban J connectivity index is 1.46. The van der Waals surface area contributed by atoms with E-state index in [2.05, 4.69) is 24.9 Å². The van der Waals surface area contributed by atoms with Crippen molar-refractivity contribution in [2.24, 2.45) is 0 Å². The van der Waals surface area contributed by atoms with Crippen LogP contribution in [-0.2, 0) is 0 Å². The molecule has 0 aromatic carbocycles. The summed E-state index contributed by atoms with van der Waals surface area (Å²) in [6.07, 6.45) is 7.39. The molecule has 4 heterocycles. The van der Waals surface area contributed by atoms with Crippen LogP contribution in [0.1, 0.15) is 5.56 Å². The Bertz CT molecular complexity index is 790. The highest BCUT2D eigenvalue weighted by molar-refractivity contribution is 5.45. The summed E-state index contributed by atoms with van der Waals surface area (Å²) >= 11 is 0. The molecule has 0 spiro atoms. The zero-order valence-electron chi connectivity index (χ0n) is 13.6. The molecule has 1 fully saturated rings. The van der Waals surface area contributed by atoms with Crippen LogP contribution in [0, 0.1) is 6.92 Å². The van der Waals surface area contributed by atoms with Gasteiger partial charge in [0.25, 0.3) is 0 Å². The van der Waals surface area contributed by atoms with E-state index in [0.717, 1.165) is 49.3 Å². The molecule has 0 radical (unpaired) electrons. The summed E-state index contributed by atoms with van der Waals surface area (Å²) in [6, 6.07) is 7.93. The molecule has 1 aliphatic heterocycles. The van der Waals surface area contributed by atoms with Crippen molar-refractivity contribution in [2.75, 3.05) is 36.0 Å². The molecule has 7 heteroatoms. The molecule has 0 atom stereocenters. The van der Waals surface area contributed by atoms with Crippen molar-refractivity contribution in [3.05, 3.63) is 54.6 Å². The van der Waals surface area contributed by atoms with Crippen LogP contribution < -0.4 is 9.80 Å². The molecule has 122 valence electrons. The SMILES string of the molecule is Cc1cnc(N2CCN(c3cccc(-n4cccn4)n3)CC2)nc1. The minimum absolute atomic E-state index is 0.804. The first kappa shape index (κ1) is 14.6. The van der Waals surface area contributed by atoms with E-state index in [-0.39, 0.29) is 0 Å². The van der Waals surface area contributed by atoms with Gasteiger partial charge >= 0.3 is 0 Å². The molecule has 3 aromatic heterocycles. The molecule has 4 rings (SSSR count). The van der Waals surface area contributed by atoms with Crippen LogP contribution in [0.25, 0.3) is 5.82 Å². The van der Waals surface area contributed by atoms with Crippen LogP contribution in [0.5, 0.6) is 0 Å². The first-order valence-corrected chi connectivity index (χ1v) is 8.05. The Kier molecular flexibility index (Phi) is 3.82. The largest absolute Gasteiger partial charge is 0.353 e. The Morgan fingerprint density at radius 3 is 2.29 bits per heavy atom. The Morgan fingerprint density at radius 1 is 0.875 bits per heavy atom. The van der Waals surface area contributed by atoms with Gasteiger partial charge in [-0.3, -0.25) is 0 Å². The fraction of sp³-hybridized carbons (Fsp3) is 0.294. The summed E-state index contributed by atoms with van der Waals surface area (Å²) in [5, 5.41) is 4.24. The van der Waals surface area contributed by atoms with Crippen LogP contribution in [0.15, 0.2) is 49.1 Å². The van der Waals surface area contributed by atoms with Gasteiger partial charge in [-0.15, -0.1) is 0 Å². The average Bonchev–Trinajstić information content (AvgIpc) is 3.17. The molecular weight excluding hydrogens is 302 g/mol. The topological polar surface area (TPSA) is 63.0 Å². The van der Waals surface area contributed by atoms with Gasteiger partial charge in [0.2, 0.25) is 5.95 Å². The van der Waals surface area contributed by atoms with E-state index in [1.165, 1.54) is 0 Å². The van der Waals surface area contributed by atoms with Crippen molar-refractivity contribution in [3.8, 4) is 5.82 Å². The second-order valence-corrected chi connectivity index (χ2v) is 5.84. The number of hydrogen-bond donors (Lipinski definition) is 0. The van der Waals surface area contributed by atoms with Gasteiger partial charge in [0, 0.05) is 51.0 Å². The van der Waals surface area contributed by atoms with Crippen molar-refractivity contribution in [1.29, 1.82) is 0 Å². The third-order valence-electron chi connectivity index (χ3n) is 4.11. The summed E-state index contributed by atoms with van der Waals surface area (Å²) in [4.78, 5) is 18.1. The molecular formula is C17H19N7. The fourth-order valence-corrected chi connectivity index (χ4v) is 2.80. The van der Waals surface area contributed by atoms with Gasteiger partial charge in [-0.2, -0.15) is 5.10 Å². The number of piperazine rings is 1. The minimum Gasteiger partial charge on any atom is -0.353 e. The first-order chi connectivity index (χ1) is 11.8. The zero-order valence-corrected chi connectivity index (χ0v) is 13.6. The van der Waals surface area contributed by atoms with Crippen molar-refractivity contribution < 1.29 is 0 Å². The molecule has 3 aromatic rings. The van der Waals surface area contributed by atoms with E-state index in [1.807, 2.05) is 49.8 Å². The second kappa shape index (κ2) is 6.27. The lowest BCUT2D eigenvalue weighted by Crippen LogP contribution is -2.47. The van der Waals surface area contributed by atoms with Gasteiger partial charge in [-0.1, -0.05) is 6.07 Å². The van der Waals surface area contributed by atoms with Gasteiger partial charge in [-0.25, -0.2) is 19.6 Å². The Morgan fingerprint density at radius 2 is 1.58 bits per heavy atom. The predicted molar refractivity (Wildman–Crippen MR) is 92.6 cm³/mol. The maximum Gasteiger partial charge on any atom is 0.225 e. The standard InChI is InChI=1S/C17H19N7/c1-14-12-18-17(19-13-14)23-10-8-22(9-11-23)15-4-2-5-16(21-15)24-7-3-6-20-24/h2-7,12-13H,8-11H2,1H3. The Labute approximate surface area is 140 Å². The molecule has 0 amide bonds. The van der Waals surface area contributed by atoms with E-state index >= 15 is 0 Å². The Hall–Kier alpha value is -2.96. The van der Waals surface area contributed by atoms with Crippen molar-refractivity contribution >= 4 is 11.8 Å². The normalized spacial score (nSPS) is 14.9. The van der Waals surface area contributed by atoms with Crippen LogP contribution >= 0.6 is 0 Å². The molecule has 0 unspecified atom stereocenters. The number of aryl methyl sites for hydroxylation is 1. The second-order valence-electron chi connectivity index (χ2n) is 5.84. The van der Waals surface area contributed by atoms with Gasteiger partial charge in [0.05, 0.1) is 0 Å². The molecule has 7 nitrogen and oxygen atoms in total. The van der Waals surface area contributed by atoms with Crippen molar-refractivity contribution in [2.45, 2.75) is 6.92 Å². The van der Waals surface area contributed by atoms with Gasteiger partial charge in [-0.05, 0) is 30.7 Å². The third kappa shape index (κ3) is 2.92. The van der Waals surface area contributed by atoms with Crippen LogP contribution in [0.4, 0.5) is 11.8 Å². The molecule has 1 saturated heterocycles. The smallest absolute Gasteiger partial charge is 0.225 e. The van der Waals surface area contributed by atoms with Crippen LogP contribution in [-0.4, -0.2) is 50.9 Å². The summed E-state index contributed by atoms with van der Waals surface area (Å²) < 4.78 is 1.78. The van der Waals surface area contributed by atoms with E-state index in [4.69, 9.17) is 4.98 Å². The average molecular weight is 321 g/mol. The number of aromatic nitrogens is 5. The first-order valence-electron chi connectivity index (χ1n) is 8.05. The van der Waals surface area contributed by atoms with E-state index in [1.54, 1.807) is 10.9 Å². The molecule has 24 heavy (non-hydrogen) atoms. The summed E-state index contributed by atoms with van der Waals surface area (Å²) in [5.41, 5.74) is 1.08. The highest BCUT2D eigenvalue weighted by Crippen LogP contribution is 2.17. The zero-order chi connectivity index (χ0) is 16.4. The maximum absolute atomic E-state index is 4.72. The van der Waals surface area contributed by atoms with E-state index in [9.17, 15) is 0 Å². The lowest BCUT2D eigenvalue weighted by Gasteiger charge is -2.35. The predicted octanol–water partition coefficient (Wildman–Crippen LogP) is 1.69. The number of anilines is 2. The summed E-state index contributed by atoms with van der Waals surface area (Å²) in [6.45, 7) is 5.56. The number of hydrogen-bond acceptors (Lipinski definition) is 6. The molecule has 1 aliphatic rings. The molecule has 0 saturated carbocycles. The number of pyridine rings is 1. The van der Waals surface area contributed by atoms with Crippen LogP contribution in [0.2, 0.25) is 0 Å². The number of nitrogens with zero attached hydrogens (tertiary/aromatic N) is 7. The monoisotopic (exact) mass is 321 g/mol. The lowest BCUT2D eigenvalue weighted by atomic mass is 10.3. The van der Waals surface area contributed by atoms with Gasteiger partial charge in [0.1, 0.15) is 5.82 Å². The molecule has 0 N–H and O–H groups in total. The van der Waals surface area contributed by atoms with E-state index < -0.39 is 0 Å². The summed E-state index contributed by atoms with van der Waals surface area (Å²) in [7, 11) is 0.